The fourth-order valence-electron chi connectivity index (χ4n) is 2.24. The van der Waals surface area contributed by atoms with Crippen LogP contribution in [0, 0.1) is 0 Å². The van der Waals surface area contributed by atoms with Crippen molar-refractivity contribution >= 4 is 36.0 Å². The van der Waals surface area contributed by atoms with E-state index in [2.05, 4.69) is 0 Å². The minimum atomic E-state index is -1.29. The Bertz CT molecular complexity index is 878. The SMILES string of the molecule is O=C(O)c1ccc(C(=O)O)c(C=Cc2cc(C(=O)O)ccc2C(=O)O)c1. The first-order valence-electron chi connectivity index (χ1n) is 7.10. The first-order valence-corrected chi connectivity index (χ1v) is 7.10. The highest BCUT2D eigenvalue weighted by Crippen LogP contribution is 2.19. The molecule has 0 unspecified atom stereocenters. The molecule has 0 amide bonds. The average Bonchev–Trinajstić information content (AvgIpc) is 2.58. The van der Waals surface area contributed by atoms with Gasteiger partial charge in [0.2, 0.25) is 0 Å². The Morgan fingerprint density at radius 3 is 1.19 bits per heavy atom. The van der Waals surface area contributed by atoms with Crippen LogP contribution in [-0.4, -0.2) is 44.3 Å². The van der Waals surface area contributed by atoms with Crippen LogP contribution in [0.25, 0.3) is 12.2 Å². The van der Waals surface area contributed by atoms with Crippen molar-refractivity contribution < 1.29 is 39.6 Å². The van der Waals surface area contributed by atoms with Crippen LogP contribution in [-0.2, 0) is 0 Å². The molecule has 8 nitrogen and oxygen atoms in total. The molecule has 0 radical (unpaired) electrons. The Balaban J connectivity index is 2.58. The predicted molar refractivity (Wildman–Crippen MR) is 89.6 cm³/mol. The van der Waals surface area contributed by atoms with Crippen molar-refractivity contribution in [1.29, 1.82) is 0 Å². The molecule has 0 saturated carbocycles. The van der Waals surface area contributed by atoms with E-state index in [1.54, 1.807) is 0 Å². The molecule has 0 spiro atoms. The standard InChI is InChI=1S/C18H12O8/c19-15(20)11-3-5-13(17(23)24)9(7-11)1-2-10-8-12(16(21)22)4-6-14(10)18(25)26/h1-8H,(H,19,20)(H,21,22)(H,23,24)(H,25,26). The zero-order chi connectivity index (χ0) is 19.4. The third-order valence-corrected chi connectivity index (χ3v) is 3.50. The van der Waals surface area contributed by atoms with Crippen LogP contribution >= 0.6 is 0 Å². The summed E-state index contributed by atoms with van der Waals surface area (Å²) in [6.45, 7) is 0. The zero-order valence-corrected chi connectivity index (χ0v) is 13.0. The number of benzene rings is 2. The molecule has 8 heteroatoms. The van der Waals surface area contributed by atoms with E-state index in [0.29, 0.717) is 0 Å². The fraction of sp³-hybridized carbons (Fsp3) is 0. The second kappa shape index (κ2) is 7.31. The zero-order valence-electron chi connectivity index (χ0n) is 13.0. The second-order valence-corrected chi connectivity index (χ2v) is 5.16. The molecule has 0 aliphatic heterocycles. The highest BCUT2D eigenvalue weighted by molar-refractivity contribution is 5.99. The summed E-state index contributed by atoms with van der Waals surface area (Å²) in [7, 11) is 0. The lowest BCUT2D eigenvalue weighted by atomic mass is 9.99. The van der Waals surface area contributed by atoms with E-state index < -0.39 is 23.9 Å². The van der Waals surface area contributed by atoms with Gasteiger partial charge < -0.3 is 20.4 Å². The molecule has 0 aliphatic rings. The second-order valence-electron chi connectivity index (χ2n) is 5.16. The van der Waals surface area contributed by atoms with Crippen LogP contribution in [0.1, 0.15) is 52.6 Å². The molecule has 0 aliphatic carbocycles. The molecule has 2 rings (SSSR count). The van der Waals surface area contributed by atoms with E-state index in [1.165, 1.54) is 12.2 Å². The predicted octanol–water partition coefficient (Wildman–Crippen LogP) is 2.65. The summed E-state index contributed by atoms with van der Waals surface area (Å²) in [6, 6.07) is 6.77. The molecule has 0 fully saturated rings. The summed E-state index contributed by atoms with van der Waals surface area (Å²) in [5.74, 6) is -5.09. The number of aromatic carboxylic acids is 4. The normalized spacial score (nSPS) is 10.6. The van der Waals surface area contributed by atoms with Crippen molar-refractivity contribution in [3.8, 4) is 0 Å². The summed E-state index contributed by atoms with van der Waals surface area (Å²) in [4.78, 5) is 44.7. The minimum absolute atomic E-state index is 0.0365. The van der Waals surface area contributed by atoms with Gasteiger partial charge in [0.1, 0.15) is 0 Å². The maximum atomic E-state index is 11.3. The smallest absolute Gasteiger partial charge is 0.336 e. The van der Waals surface area contributed by atoms with Crippen molar-refractivity contribution in [2.45, 2.75) is 0 Å². The van der Waals surface area contributed by atoms with Gasteiger partial charge in [-0.25, -0.2) is 19.2 Å². The molecule has 2 aromatic carbocycles. The number of rotatable bonds is 6. The molecule has 0 bridgehead atoms. The van der Waals surface area contributed by atoms with E-state index in [1.807, 2.05) is 0 Å². The van der Waals surface area contributed by atoms with Crippen LogP contribution in [0.5, 0.6) is 0 Å². The topological polar surface area (TPSA) is 149 Å². The highest BCUT2D eigenvalue weighted by Gasteiger charge is 2.14. The molecular formula is C18H12O8. The van der Waals surface area contributed by atoms with Gasteiger partial charge >= 0.3 is 23.9 Å². The maximum absolute atomic E-state index is 11.3. The maximum Gasteiger partial charge on any atom is 0.336 e. The molecule has 0 heterocycles. The van der Waals surface area contributed by atoms with Crippen molar-refractivity contribution in [3.63, 3.8) is 0 Å². The van der Waals surface area contributed by atoms with Gasteiger partial charge in [-0.1, -0.05) is 12.2 Å². The number of hydrogen-bond donors (Lipinski definition) is 4. The first-order chi connectivity index (χ1) is 12.2. The molecule has 0 aromatic heterocycles. The van der Waals surface area contributed by atoms with Gasteiger partial charge in [-0.05, 0) is 47.5 Å². The van der Waals surface area contributed by atoms with Gasteiger partial charge in [0.05, 0.1) is 22.3 Å². The number of hydrogen-bond acceptors (Lipinski definition) is 4. The lowest BCUT2D eigenvalue weighted by molar-refractivity contribution is 0.0681. The van der Waals surface area contributed by atoms with Crippen LogP contribution < -0.4 is 0 Å². The molecule has 4 N–H and O–H groups in total. The number of carboxylic acid groups (broad SMARTS) is 4. The van der Waals surface area contributed by atoms with Gasteiger partial charge in [0.15, 0.2) is 0 Å². The largest absolute Gasteiger partial charge is 0.478 e. The molecule has 0 atom stereocenters. The molecule has 0 saturated heterocycles. The lowest BCUT2D eigenvalue weighted by Gasteiger charge is -2.05. The van der Waals surface area contributed by atoms with Crippen molar-refractivity contribution in [2.75, 3.05) is 0 Å². The van der Waals surface area contributed by atoms with Gasteiger partial charge in [-0.3, -0.25) is 0 Å². The van der Waals surface area contributed by atoms with Crippen LogP contribution in [0.3, 0.4) is 0 Å². The third-order valence-electron chi connectivity index (χ3n) is 3.50. The Hall–Kier alpha value is -3.94. The summed E-state index contributed by atoms with van der Waals surface area (Å²) in [5, 5.41) is 36.4. The summed E-state index contributed by atoms with van der Waals surface area (Å²) in [6.07, 6.45) is 2.45. The summed E-state index contributed by atoms with van der Waals surface area (Å²) >= 11 is 0. The quantitative estimate of drug-likeness (QED) is 0.577. The average molecular weight is 356 g/mol. The van der Waals surface area contributed by atoms with E-state index >= 15 is 0 Å². The molecular weight excluding hydrogens is 344 g/mol. The molecule has 2 aromatic rings. The number of carboxylic acids is 4. The van der Waals surface area contributed by atoms with Gasteiger partial charge in [-0.2, -0.15) is 0 Å². The van der Waals surface area contributed by atoms with Gasteiger partial charge in [0, 0.05) is 0 Å². The fourth-order valence-corrected chi connectivity index (χ4v) is 2.24. The highest BCUT2D eigenvalue weighted by atomic mass is 16.4. The van der Waals surface area contributed by atoms with Crippen molar-refractivity contribution in [3.05, 3.63) is 69.8 Å². The van der Waals surface area contributed by atoms with E-state index in [9.17, 15) is 29.4 Å². The first kappa shape index (κ1) is 18.4. The monoisotopic (exact) mass is 356 g/mol. The van der Waals surface area contributed by atoms with E-state index in [-0.39, 0.29) is 33.4 Å². The summed E-state index contributed by atoms with van der Waals surface area (Å²) in [5.41, 5.74) is -0.584. The van der Waals surface area contributed by atoms with Gasteiger partial charge in [0.25, 0.3) is 0 Å². The molecule has 132 valence electrons. The van der Waals surface area contributed by atoms with Crippen molar-refractivity contribution in [2.24, 2.45) is 0 Å². The Labute approximate surface area is 146 Å². The van der Waals surface area contributed by atoms with E-state index in [4.69, 9.17) is 10.2 Å². The van der Waals surface area contributed by atoms with Gasteiger partial charge in [-0.15, -0.1) is 0 Å². The van der Waals surface area contributed by atoms with E-state index in [0.717, 1.165) is 36.4 Å². The number of carbonyl (C=O) groups is 4. The summed E-state index contributed by atoms with van der Waals surface area (Å²) < 4.78 is 0. The van der Waals surface area contributed by atoms with Crippen LogP contribution in [0.15, 0.2) is 36.4 Å². The minimum Gasteiger partial charge on any atom is -0.478 e. The van der Waals surface area contributed by atoms with Crippen molar-refractivity contribution in [1.82, 2.24) is 0 Å². The Morgan fingerprint density at radius 2 is 0.923 bits per heavy atom. The Morgan fingerprint density at radius 1 is 0.577 bits per heavy atom. The van der Waals surface area contributed by atoms with Crippen LogP contribution in [0.2, 0.25) is 0 Å². The lowest BCUT2D eigenvalue weighted by Crippen LogP contribution is -2.04. The molecule has 26 heavy (non-hydrogen) atoms. The third kappa shape index (κ3) is 3.93. The Kier molecular flexibility index (Phi) is 5.17. The van der Waals surface area contributed by atoms with Crippen LogP contribution in [0.4, 0.5) is 0 Å².